The van der Waals surface area contributed by atoms with Gasteiger partial charge in [-0.3, -0.25) is 0 Å². The highest BCUT2D eigenvalue weighted by molar-refractivity contribution is 5.75. The average Bonchev–Trinajstić information content (AvgIpc) is 2.19. The maximum atomic E-state index is 11.0. The summed E-state index contributed by atoms with van der Waals surface area (Å²) in [6, 6.07) is -1.15. The molecule has 1 heterocycles. The molecule has 5 unspecified atom stereocenters. The molecule has 0 aromatic carbocycles. The molecule has 1 fully saturated rings. The smallest absolute Gasteiger partial charge is 0.337 e. The minimum atomic E-state index is -1.50. The van der Waals surface area contributed by atoms with E-state index in [4.69, 9.17) is 10.8 Å². The number of carbonyl (C=O) groups is 1. The minimum Gasteiger partial charge on any atom is -0.467 e. The summed E-state index contributed by atoms with van der Waals surface area (Å²) >= 11 is 0. The van der Waals surface area contributed by atoms with Crippen molar-refractivity contribution < 1.29 is 29.6 Å². The normalized spacial score (nSPS) is 43.4. The average molecular weight is 207 g/mol. The van der Waals surface area contributed by atoms with Crippen molar-refractivity contribution in [2.75, 3.05) is 7.11 Å². The molecule has 7 nitrogen and oxygen atoms in total. The van der Waals surface area contributed by atoms with Gasteiger partial charge >= 0.3 is 5.97 Å². The topological polar surface area (TPSA) is 122 Å². The molecule has 82 valence electrons. The van der Waals surface area contributed by atoms with E-state index in [2.05, 4.69) is 9.47 Å². The van der Waals surface area contributed by atoms with Gasteiger partial charge in [0, 0.05) is 0 Å². The second kappa shape index (κ2) is 4.20. The van der Waals surface area contributed by atoms with Crippen LogP contribution in [0.4, 0.5) is 0 Å². The van der Waals surface area contributed by atoms with Crippen molar-refractivity contribution >= 4 is 5.97 Å². The summed E-state index contributed by atoms with van der Waals surface area (Å²) in [6.45, 7) is 0. The van der Waals surface area contributed by atoms with Gasteiger partial charge in [-0.15, -0.1) is 0 Å². The minimum absolute atomic E-state index is 0.873. The van der Waals surface area contributed by atoms with Crippen molar-refractivity contribution in [3.05, 3.63) is 0 Å². The van der Waals surface area contributed by atoms with E-state index in [9.17, 15) is 15.0 Å². The third-order valence-electron chi connectivity index (χ3n) is 2.10. The first-order valence-corrected chi connectivity index (χ1v) is 4.02. The van der Waals surface area contributed by atoms with Crippen LogP contribution >= 0.6 is 0 Å². The van der Waals surface area contributed by atoms with Gasteiger partial charge in [0.05, 0.1) is 13.2 Å². The predicted molar refractivity (Wildman–Crippen MR) is 42.9 cm³/mol. The highest BCUT2D eigenvalue weighted by Crippen LogP contribution is 2.19. The van der Waals surface area contributed by atoms with Gasteiger partial charge < -0.3 is 30.5 Å². The number of ether oxygens (including phenoxy) is 2. The fourth-order valence-electron chi connectivity index (χ4n) is 1.21. The second-order valence-corrected chi connectivity index (χ2v) is 3.03. The summed E-state index contributed by atoms with van der Waals surface area (Å²) in [4.78, 5) is 11.0. The monoisotopic (exact) mass is 207 g/mol. The van der Waals surface area contributed by atoms with Gasteiger partial charge in [-0.25, -0.2) is 4.79 Å². The van der Waals surface area contributed by atoms with Crippen LogP contribution < -0.4 is 5.73 Å². The van der Waals surface area contributed by atoms with E-state index < -0.39 is 36.6 Å². The van der Waals surface area contributed by atoms with Crippen molar-refractivity contribution in [1.82, 2.24) is 0 Å². The molecule has 1 aliphatic rings. The van der Waals surface area contributed by atoms with Crippen molar-refractivity contribution in [3.63, 3.8) is 0 Å². The summed E-state index contributed by atoms with van der Waals surface area (Å²) < 4.78 is 8.98. The predicted octanol–water partition coefficient (Wildman–Crippen LogP) is -3.07. The maximum Gasteiger partial charge on any atom is 0.337 e. The lowest BCUT2D eigenvalue weighted by Gasteiger charge is -2.37. The van der Waals surface area contributed by atoms with Gasteiger partial charge in [-0.1, -0.05) is 0 Å². The molecular formula is C7H13NO6. The summed E-state index contributed by atoms with van der Waals surface area (Å²) in [5, 5.41) is 27.8. The summed E-state index contributed by atoms with van der Waals surface area (Å²) in [5.41, 5.74) is 5.28. The van der Waals surface area contributed by atoms with Gasteiger partial charge in [0.25, 0.3) is 0 Å². The van der Waals surface area contributed by atoms with Crippen molar-refractivity contribution in [2.45, 2.75) is 30.6 Å². The largest absolute Gasteiger partial charge is 0.467 e. The lowest BCUT2D eigenvalue weighted by atomic mass is 9.97. The van der Waals surface area contributed by atoms with Crippen molar-refractivity contribution in [3.8, 4) is 0 Å². The molecule has 5 N–H and O–H groups in total. The molecule has 1 saturated heterocycles. The Bertz CT molecular complexity index is 222. The summed E-state index contributed by atoms with van der Waals surface area (Å²) in [5.74, 6) is -0.873. The lowest BCUT2D eigenvalue weighted by molar-refractivity contribution is -0.245. The molecule has 0 radical (unpaired) electrons. The molecule has 0 amide bonds. The van der Waals surface area contributed by atoms with Gasteiger partial charge in [-0.05, 0) is 0 Å². The first-order valence-electron chi connectivity index (χ1n) is 4.02. The number of rotatable bonds is 1. The number of nitrogens with two attached hydrogens (primary N) is 1. The molecule has 1 rings (SSSR count). The molecule has 0 aliphatic carbocycles. The van der Waals surface area contributed by atoms with Gasteiger partial charge in [0.2, 0.25) is 0 Å². The first-order chi connectivity index (χ1) is 6.49. The van der Waals surface area contributed by atoms with E-state index in [1.54, 1.807) is 0 Å². The Balaban J connectivity index is 2.75. The fourth-order valence-corrected chi connectivity index (χ4v) is 1.21. The summed E-state index contributed by atoms with van der Waals surface area (Å²) in [7, 11) is 1.10. The van der Waals surface area contributed by atoms with Gasteiger partial charge in [-0.2, -0.15) is 0 Å². The highest BCUT2D eigenvalue weighted by Gasteiger charge is 2.45. The molecule has 0 bridgehead atoms. The van der Waals surface area contributed by atoms with E-state index in [1.807, 2.05) is 0 Å². The first kappa shape index (κ1) is 11.3. The Kier molecular flexibility index (Phi) is 3.40. The molecule has 14 heavy (non-hydrogen) atoms. The molecule has 7 heteroatoms. The van der Waals surface area contributed by atoms with Crippen LogP contribution in [0.1, 0.15) is 0 Å². The van der Waals surface area contributed by atoms with Crippen LogP contribution in [0, 0.1) is 0 Å². The zero-order valence-corrected chi connectivity index (χ0v) is 7.53. The third-order valence-corrected chi connectivity index (χ3v) is 2.10. The van der Waals surface area contributed by atoms with Crippen molar-refractivity contribution in [1.29, 1.82) is 0 Å². The molecule has 0 aromatic heterocycles. The number of hydrogen-bond acceptors (Lipinski definition) is 7. The molecule has 0 saturated carbocycles. The quantitative estimate of drug-likeness (QED) is 0.336. The molecular weight excluding hydrogens is 194 g/mol. The maximum absolute atomic E-state index is 11.0. The second-order valence-electron chi connectivity index (χ2n) is 3.03. The number of carbonyl (C=O) groups excluding carboxylic acids is 1. The zero-order valence-electron chi connectivity index (χ0n) is 7.53. The molecule has 1 aliphatic heterocycles. The number of methoxy groups -OCH3 is 1. The SMILES string of the molecule is COC(=O)C1OC(O)C(N)C(O)C1O. The van der Waals surface area contributed by atoms with Crippen molar-refractivity contribution in [2.24, 2.45) is 5.73 Å². The Morgan fingerprint density at radius 2 is 1.93 bits per heavy atom. The van der Waals surface area contributed by atoms with E-state index in [-0.39, 0.29) is 0 Å². The Morgan fingerprint density at radius 3 is 2.43 bits per heavy atom. The van der Waals surface area contributed by atoms with E-state index in [0.29, 0.717) is 0 Å². The molecule has 0 aromatic rings. The Labute approximate surface area is 80.0 Å². The fraction of sp³-hybridized carbons (Fsp3) is 0.857. The van der Waals surface area contributed by atoms with Crippen LogP contribution in [-0.4, -0.2) is 59.0 Å². The van der Waals surface area contributed by atoms with E-state index in [1.165, 1.54) is 0 Å². The van der Waals surface area contributed by atoms with Crippen LogP contribution in [-0.2, 0) is 14.3 Å². The Morgan fingerprint density at radius 1 is 1.36 bits per heavy atom. The van der Waals surface area contributed by atoms with Crippen LogP contribution in [0.25, 0.3) is 0 Å². The van der Waals surface area contributed by atoms with Crippen LogP contribution in [0.5, 0.6) is 0 Å². The number of aliphatic hydroxyl groups excluding tert-OH is 3. The molecule has 5 atom stereocenters. The zero-order chi connectivity index (χ0) is 10.9. The summed E-state index contributed by atoms with van der Waals surface area (Å²) in [6.07, 6.45) is -5.84. The lowest BCUT2D eigenvalue weighted by Crippen LogP contribution is -2.62. The van der Waals surface area contributed by atoms with E-state index >= 15 is 0 Å². The van der Waals surface area contributed by atoms with Gasteiger partial charge in [0.15, 0.2) is 12.4 Å². The van der Waals surface area contributed by atoms with Gasteiger partial charge in [0.1, 0.15) is 12.2 Å². The third kappa shape index (κ3) is 1.86. The highest BCUT2D eigenvalue weighted by atomic mass is 16.6. The number of aliphatic hydroxyl groups is 3. The van der Waals surface area contributed by atoms with E-state index in [0.717, 1.165) is 7.11 Å². The standard InChI is InChI=1S/C7H13NO6/c1-13-7(12)5-4(10)3(9)2(8)6(11)14-5/h2-6,9-11H,8H2,1H3. The number of esters is 1. The Hall–Kier alpha value is -0.730. The van der Waals surface area contributed by atoms with Crippen LogP contribution in [0.3, 0.4) is 0 Å². The van der Waals surface area contributed by atoms with Crippen LogP contribution in [0.15, 0.2) is 0 Å². The molecule has 0 spiro atoms. The number of hydrogen-bond donors (Lipinski definition) is 4. The van der Waals surface area contributed by atoms with Crippen LogP contribution in [0.2, 0.25) is 0 Å².